The van der Waals surface area contributed by atoms with Crippen molar-refractivity contribution < 1.29 is 4.79 Å². The maximum absolute atomic E-state index is 14.6. The minimum absolute atomic E-state index is 0.145. The summed E-state index contributed by atoms with van der Waals surface area (Å²) >= 11 is 0. The van der Waals surface area contributed by atoms with Gasteiger partial charge in [-0.1, -0.05) is 84.0 Å². The molecule has 0 N–H and O–H groups in total. The van der Waals surface area contributed by atoms with E-state index in [1.165, 1.54) is 34.1 Å². The Morgan fingerprint density at radius 3 is 2.88 bits per heavy atom. The zero-order valence-corrected chi connectivity index (χ0v) is 18.2. The summed E-state index contributed by atoms with van der Waals surface area (Å²) in [5.74, 6) is 2.28. The Hall–Kier alpha value is -3.46. The molecule has 4 atom stereocenters. The van der Waals surface area contributed by atoms with Gasteiger partial charge in [0.05, 0.1) is 16.4 Å². The number of imidazole rings is 1. The van der Waals surface area contributed by atoms with Crippen molar-refractivity contribution >= 4 is 33.8 Å². The monoisotopic (exact) mass is 426 g/mol. The van der Waals surface area contributed by atoms with Gasteiger partial charge in [0.2, 0.25) is 5.91 Å². The fraction of sp³-hybridized carbons (Fsp3) is 0.267. The second-order valence-electron chi connectivity index (χ2n) is 10.7. The predicted molar refractivity (Wildman–Crippen MR) is 130 cm³/mol. The van der Waals surface area contributed by atoms with Crippen molar-refractivity contribution in [2.24, 2.45) is 16.7 Å². The highest BCUT2D eigenvalue weighted by atomic mass is 16.2. The molecule has 3 nitrogen and oxygen atoms in total. The van der Waals surface area contributed by atoms with Crippen LogP contribution in [-0.4, -0.2) is 15.5 Å². The SMILES string of the molecule is O=C1n2c(nc3c4ccccc4c4c(c32)C2CC2C=C4)CC2=CC=CCC3=CC=CC14CC324. The molecule has 33 heavy (non-hydrogen) atoms. The highest BCUT2D eigenvalue weighted by Gasteiger charge is 2.75. The molecule has 1 spiro atoms. The molecule has 3 aromatic rings. The highest BCUT2D eigenvalue weighted by Crippen LogP contribution is 2.76. The van der Waals surface area contributed by atoms with Crippen LogP contribution in [0.2, 0.25) is 0 Å². The van der Waals surface area contributed by atoms with Crippen LogP contribution >= 0.6 is 0 Å². The summed E-state index contributed by atoms with van der Waals surface area (Å²) < 4.78 is 2.07. The molecule has 2 aromatic carbocycles. The Bertz CT molecular complexity index is 1660. The maximum Gasteiger partial charge on any atom is 0.243 e. The zero-order valence-electron chi connectivity index (χ0n) is 18.2. The van der Waals surface area contributed by atoms with Crippen LogP contribution < -0.4 is 0 Å². The Kier molecular flexibility index (Phi) is 2.69. The molecule has 5 aliphatic carbocycles. The van der Waals surface area contributed by atoms with E-state index in [9.17, 15) is 4.79 Å². The first-order valence-electron chi connectivity index (χ1n) is 12.2. The van der Waals surface area contributed by atoms with Gasteiger partial charge in [-0.15, -0.1) is 0 Å². The quantitative estimate of drug-likeness (QED) is 0.424. The van der Waals surface area contributed by atoms with Gasteiger partial charge >= 0.3 is 0 Å². The van der Waals surface area contributed by atoms with Gasteiger partial charge < -0.3 is 0 Å². The Morgan fingerprint density at radius 1 is 1.06 bits per heavy atom. The minimum Gasteiger partial charge on any atom is -0.273 e. The van der Waals surface area contributed by atoms with Crippen LogP contribution in [0.1, 0.15) is 46.9 Å². The second kappa shape index (κ2) is 5.20. The number of hydrogen-bond donors (Lipinski definition) is 0. The molecule has 1 aromatic heterocycles. The zero-order chi connectivity index (χ0) is 21.5. The van der Waals surface area contributed by atoms with Gasteiger partial charge in [-0.25, -0.2) is 4.98 Å². The van der Waals surface area contributed by atoms with Gasteiger partial charge in [0.1, 0.15) is 5.82 Å². The first-order valence-corrected chi connectivity index (χ1v) is 12.2. The smallest absolute Gasteiger partial charge is 0.243 e. The Balaban J connectivity index is 1.43. The number of allylic oxidation sites excluding steroid dienone is 9. The molecule has 9 rings (SSSR count). The second-order valence-corrected chi connectivity index (χ2v) is 10.7. The average molecular weight is 427 g/mol. The van der Waals surface area contributed by atoms with E-state index in [-0.39, 0.29) is 11.3 Å². The largest absolute Gasteiger partial charge is 0.273 e. The van der Waals surface area contributed by atoms with E-state index in [4.69, 9.17) is 4.98 Å². The van der Waals surface area contributed by atoms with Crippen LogP contribution in [0.25, 0.3) is 27.9 Å². The third-order valence-electron chi connectivity index (χ3n) is 9.34. The molecule has 2 fully saturated rings. The van der Waals surface area contributed by atoms with Gasteiger partial charge in [-0.05, 0) is 47.6 Å². The van der Waals surface area contributed by atoms with Gasteiger partial charge in [0.15, 0.2) is 0 Å². The molecule has 158 valence electrons. The topological polar surface area (TPSA) is 34.9 Å². The number of rotatable bonds is 0. The van der Waals surface area contributed by atoms with Gasteiger partial charge in [-0.2, -0.15) is 0 Å². The standard InChI is InChI=1S/C30H22N2O/c33-28-29-13-5-8-18-6-1-2-7-19(30(18,29)16-29)15-24-31-26-22-10-4-3-9-20(22)21-12-11-17-14-23(17)25(21)27(26)32(24)28/h1-5,7-13,17,23H,6,14-16H2. The van der Waals surface area contributed by atoms with E-state index in [2.05, 4.69) is 77.4 Å². The number of hydrogen-bond acceptors (Lipinski definition) is 2. The van der Waals surface area contributed by atoms with Gasteiger partial charge in [0, 0.05) is 17.2 Å². The third-order valence-corrected chi connectivity index (χ3v) is 9.34. The first kappa shape index (κ1) is 17.1. The van der Waals surface area contributed by atoms with Crippen LogP contribution in [0.15, 0.2) is 77.9 Å². The Morgan fingerprint density at radius 2 is 1.94 bits per heavy atom. The lowest BCUT2D eigenvalue weighted by Gasteiger charge is -2.27. The van der Waals surface area contributed by atoms with Crippen LogP contribution in [0.3, 0.4) is 0 Å². The fourth-order valence-electron chi connectivity index (χ4n) is 7.70. The van der Waals surface area contributed by atoms with Crippen LogP contribution in [0, 0.1) is 16.7 Å². The van der Waals surface area contributed by atoms with E-state index < -0.39 is 5.41 Å². The molecule has 2 saturated carbocycles. The summed E-state index contributed by atoms with van der Waals surface area (Å²) in [6, 6.07) is 8.61. The number of carbonyl (C=O) groups excluding carboxylic acids is 1. The van der Waals surface area contributed by atoms with Crippen molar-refractivity contribution in [2.45, 2.75) is 31.6 Å². The number of fused-ring (bicyclic) bond motifs is 10. The molecule has 4 unspecified atom stereocenters. The maximum atomic E-state index is 14.6. The van der Waals surface area contributed by atoms with Crippen molar-refractivity contribution in [2.75, 3.05) is 0 Å². The fourth-order valence-corrected chi connectivity index (χ4v) is 7.70. The van der Waals surface area contributed by atoms with Crippen LogP contribution in [-0.2, 0) is 6.42 Å². The molecule has 0 radical (unpaired) electrons. The van der Waals surface area contributed by atoms with Crippen molar-refractivity contribution in [1.29, 1.82) is 0 Å². The number of benzene rings is 2. The summed E-state index contributed by atoms with van der Waals surface area (Å²) in [6.07, 6.45) is 21.7. The summed E-state index contributed by atoms with van der Waals surface area (Å²) in [6.45, 7) is 0. The minimum atomic E-state index is -0.459. The third kappa shape index (κ3) is 1.74. The van der Waals surface area contributed by atoms with E-state index in [1.807, 2.05) is 0 Å². The van der Waals surface area contributed by atoms with Crippen molar-refractivity contribution in [3.8, 4) is 0 Å². The lowest BCUT2D eigenvalue weighted by Crippen LogP contribution is -2.29. The summed E-state index contributed by atoms with van der Waals surface area (Å²) in [4.78, 5) is 19.8. The lowest BCUT2D eigenvalue weighted by molar-refractivity contribution is 0.0833. The molecule has 3 heteroatoms. The predicted octanol–water partition coefficient (Wildman–Crippen LogP) is 6.28. The number of aromatic nitrogens is 2. The van der Waals surface area contributed by atoms with Crippen molar-refractivity contribution in [1.82, 2.24) is 9.55 Å². The molecule has 6 aliphatic rings. The average Bonchev–Trinajstić information content (AvgIpc) is 3.73. The molecule has 1 aliphatic heterocycles. The number of nitrogens with zero attached hydrogens (tertiary/aromatic N) is 2. The molecule has 2 heterocycles. The lowest BCUT2D eigenvalue weighted by atomic mass is 9.75. The van der Waals surface area contributed by atoms with Gasteiger partial charge in [-0.3, -0.25) is 9.36 Å². The summed E-state index contributed by atoms with van der Waals surface area (Å²) in [5, 5.41) is 2.43. The van der Waals surface area contributed by atoms with E-state index in [0.717, 1.165) is 41.5 Å². The van der Waals surface area contributed by atoms with E-state index in [1.54, 1.807) is 0 Å². The Labute approximate surface area is 191 Å². The first-order chi connectivity index (χ1) is 16.2. The van der Waals surface area contributed by atoms with E-state index in [0.29, 0.717) is 11.8 Å². The normalized spacial score (nSPS) is 33.9. The van der Waals surface area contributed by atoms with Crippen molar-refractivity contribution in [3.05, 3.63) is 94.9 Å². The molecular weight excluding hydrogens is 404 g/mol. The van der Waals surface area contributed by atoms with Gasteiger partial charge in [0.25, 0.3) is 0 Å². The number of carbonyl (C=O) groups is 1. The molecule has 0 saturated heterocycles. The molecule has 0 amide bonds. The summed E-state index contributed by atoms with van der Waals surface area (Å²) in [5.41, 5.74) is 6.92. The molecular formula is C30H22N2O. The van der Waals surface area contributed by atoms with E-state index >= 15 is 0 Å². The van der Waals surface area contributed by atoms with Crippen LogP contribution in [0.5, 0.6) is 0 Å². The molecule has 0 bridgehead atoms. The summed E-state index contributed by atoms with van der Waals surface area (Å²) in [7, 11) is 0. The van der Waals surface area contributed by atoms with Crippen molar-refractivity contribution in [3.63, 3.8) is 0 Å². The van der Waals surface area contributed by atoms with Crippen LogP contribution in [0.4, 0.5) is 0 Å². The highest BCUT2D eigenvalue weighted by molar-refractivity contribution is 6.14.